The summed E-state index contributed by atoms with van der Waals surface area (Å²) in [6.45, 7) is 0.0767. The van der Waals surface area contributed by atoms with Crippen molar-refractivity contribution in [2.45, 2.75) is 36.7 Å². The molecule has 0 heterocycles. The number of nitrogens with two attached hydrogens (primary N) is 1. The number of hydrogen-bond acceptors (Lipinski definition) is 3. The van der Waals surface area contributed by atoms with Gasteiger partial charge in [-0.25, -0.2) is 12.8 Å². The van der Waals surface area contributed by atoms with E-state index in [0.29, 0.717) is 5.56 Å². The Balaban J connectivity index is 2.42. The summed E-state index contributed by atoms with van der Waals surface area (Å²) in [5.74, 6) is -0.562. The van der Waals surface area contributed by atoms with Gasteiger partial charge in [-0.15, -0.1) is 0 Å². The Morgan fingerprint density at radius 3 is 2.61 bits per heavy atom. The van der Waals surface area contributed by atoms with Crippen molar-refractivity contribution in [3.05, 3.63) is 29.6 Å². The first kappa shape index (κ1) is 13.5. The van der Waals surface area contributed by atoms with E-state index < -0.39 is 15.8 Å². The average molecular weight is 272 g/mol. The molecule has 1 saturated carbocycles. The van der Waals surface area contributed by atoms with Gasteiger partial charge in [-0.05, 0) is 30.5 Å². The van der Waals surface area contributed by atoms with Crippen LogP contribution in [0, 0.1) is 5.82 Å². The molecule has 0 amide bonds. The molecule has 1 fully saturated rings. The predicted octanol–water partition coefficient (Wildman–Crippen LogP) is 1.46. The van der Waals surface area contributed by atoms with Gasteiger partial charge in [0.1, 0.15) is 5.82 Å². The van der Waals surface area contributed by atoms with E-state index in [9.17, 15) is 12.8 Å². The number of rotatable bonds is 4. The van der Waals surface area contributed by atoms with Crippen LogP contribution >= 0.6 is 0 Å². The van der Waals surface area contributed by atoms with Crippen LogP contribution in [0.5, 0.6) is 0 Å². The largest absolute Gasteiger partial charge is 0.326 e. The summed E-state index contributed by atoms with van der Waals surface area (Å²) in [6, 6.07) is 3.73. The molecule has 18 heavy (non-hydrogen) atoms. The van der Waals surface area contributed by atoms with Crippen molar-refractivity contribution >= 4 is 10.0 Å². The highest BCUT2D eigenvalue weighted by molar-refractivity contribution is 7.89. The molecule has 0 aliphatic heterocycles. The van der Waals surface area contributed by atoms with Crippen LogP contribution in [-0.2, 0) is 16.6 Å². The molecule has 0 spiro atoms. The zero-order valence-electron chi connectivity index (χ0n) is 10.3. The molecule has 1 aromatic rings. The number of sulfonamides is 1. The van der Waals surface area contributed by atoms with Crippen LogP contribution in [0.1, 0.15) is 24.8 Å². The Morgan fingerprint density at radius 2 is 2.11 bits per heavy atom. The molecular formula is C12H17FN2O2S. The van der Waals surface area contributed by atoms with Crippen LogP contribution in [0.2, 0.25) is 0 Å². The highest BCUT2D eigenvalue weighted by atomic mass is 32.2. The fourth-order valence-corrected chi connectivity index (χ4v) is 3.70. The van der Waals surface area contributed by atoms with Crippen LogP contribution in [0.25, 0.3) is 0 Å². The second kappa shape index (κ2) is 4.95. The number of halogens is 1. The van der Waals surface area contributed by atoms with E-state index in [1.807, 2.05) is 0 Å². The predicted molar refractivity (Wildman–Crippen MR) is 66.9 cm³/mol. The van der Waals surface area contributed by atoms with Gasteiger partial charge in [0.05, 0.1) is 4.90 Å². The molecule has 0 atom stereocenters. The third kappa shape index (κ3) is 2.28. The zero-order valence-corrected chi connectivity index (χ0v) is 11.1. The Kier molecular flexibility index (Phi) is 3.70. The lowest BCUT2D eigenvalue weighted by Crippen LogP contribution is -2.41. The maximum absolute atomic E-state index is 13.3. The number of nitrogens with zero attached hydrogens (tertiary/aromatic N) is 1. The summed E-state index contributed by atoms with van der Waals surface area (Å²) in [4.78, 5) is -0.0144. The minimum Gasteiger partial charge on any atom is -0.326 e. The van der Waals surface area contributed by atoms with E-state index in [1.54, 1.807) is 7.05 Å². The van der Waals surface area contributed by atoms with Gasteiger partial charge in [-0.3, -0.25) is 0 Å². The monoisotopic (exact) mass is 272 g/mol. The van der Waals surface area contributed by atoms with Gasteiger partial charge in [0.15, 0.2) is 0 Å². The molecule has 2 rings (SSSR count). The molecule has 1 aliphatic carbocycles. The van der Waals surface area contributed by atoms with Gasteiger partial charge in [0, 0.05) is 19.6 Å². The lowest BCUT2D eigenvalue weighted by atomic mass is 9.94. The number of hydrogen-bond donors (Lipinski definition) is 1. The molecule has 2 N–H and O–H groups in total. The maximum Gasteiger partial charge on any atom is 0.243 e. The van der Waals surface area contributed by atoms with E-state index in [0.717, 1.165) is 25.3 Å². The summed E-state index contributed by atoms with van der Waals surface area (Å²) in [5.41, 5.74) is 5.96. The standard InChI is InChI=1S/C12H17FN2O2S/c1-15(11-3-2-4-11)18(16,17)12-7-10(13)6-5-9(12)8-14/h5-7,11H,2-4,8,14H2,1H3. The molecule has 1 aliphatic rings. The highest BCUT2D eigenvalue weighted by Crippen LogP contribution is 2.29. The first-order chi connectivity index (χ1) is 8.46. The molecule has 0 unspecified atom stereocenters. The van der Waals surface area contributed by atoms with Crippen LogP contribution in [-0.4, -0.2) is 25.8 Å². The lowest BCUT2D eigenvalue weighted by Gasteiger charge is -2.34. The Morgan fingerprint density at radius 1 is 1.44 bits per heavy atom. The molecule has 1 aromatic carbocycles. The van der Waals surface area contributed by atoms with Crippen molar-refractivity contribution in [3.8, 4) is 0 Å². The van der Waals surface area contributed by atoms with E-state index in [-0.39, 0.29) is 17.5 Å². The van der Waals surface area contributed by atoms with Gasteiger partial charge in [0.2, 0.25) is 10.0 Å². The topological polar surface area (TPSA) is 63.4 Å². The van der Waals surface area contributed by atoms with E-state index in [2.05, 4.69) is 0 Å². The van der Waals surface area contributed by atoms with Gasteiger partial charge in [-0.1, -0.05) is 12.5 Å². The Bertz CT molecular complexity index is 541. The van der Waals surface area contributed by atoms with Crippen LogP contribution in [0.4, 0.5) is 4.39 Å². The van der Waals surface area contributed by atoms with Gasteiger partial charge < -0.3 is 5.73 Å². The molecule has 0 bridgehead atoms. The second-order valence-electron chi connectivity index (χ2n) is 4.56. The van der Waals surface area contributed by atoms with Crippen molar-refractivity contribution in [3.63, 3.8) is 0 Å². The van der Waals surface area contributed by atoms with Gasteiger partial charge >= 0.3 is 0 Å². The first-order valence-corrected chi connectivity index (χ1v) is 7.37. The zero-order chi connectivity index (χ0) is 13.3. The van der Waals surface area contributed by atoms with E-state index in [4.69, 9.17) is 5.73 Å². The quantitative estimate of drug-likeness (QED) is 0.902. The van der Waals surface area contributed by atoms with Crippen LogP contribution in [0.3, 0.4) is 0 Å². The molecule has 100 valence electrons. The smallest absolute Gasteiger partial charge is 0.243 e. The van der Waals surface area contributed by atoms with Crippen molar-refractivity contribution in [2.24, 2.45) is 5.73 Å². The maximum atomic E-state index is 13.3. The molecule has 6 heteroatoms. The van der Waals surface area contributed by atoms with Crippen molar-refractivity contribution in [2.75, 3.05) is 7.05 Å². The fourth-order valence-electron chi connectivity index (χ4n) is 2.04. The van der Waals surface area contributed by atoms with Crippen molar-refractivity contribution < 1.29 is 12.8 Å². The number of benzene rings is 1. The fraction of sp³-hybridized carbons (Fsp3) is 0.500. The van der Waals surface area contributed by atoms with Crippen LogP contribution < -0.4 is 5.73 Å². The Labute approximate surface area is 107 Å². The average Bonchev–Trinajstić information content (AvgIpc) is 2.26. The van der Waals surface area contributed by atoms with Crippen molar-refractivity contribution in [1.29, 1.82) is 0 Å². The first-order valence-electron chi connectivity index (χ1n) is 5.93. The molecule has 4 nitrogen and oxygen atoms in total. The van der Waals surface area contributed by atoms with E-state index >= 15 is 0 Å². The summed E-state index contributed by atoms with van der Waals surface area (Å²) in [7, 11) is -2.11. The summed E-state index contributed by atoms with van der Waals surface area (Å²) in [6.07, 6.45) is 2.77. The minimum absolute atomic E-state index is 0.0144. The molecule has 0 radical (unpaired) electrons. The third-order valence-corrected chi connectivity index (χ3v) is 5.49. The highest BCUT2D eigenvalue weighted by Gasteiger charge is 2.33. The molecular weight excluding hydrogens is 255 g/mol. The van der Waals surface area contributed by atoms with Crippen LogP contribution in [0.15, 0.2) is 23.1 Å². The SMILES string of the molecule is CN(C1CCC1)S(=O)(=O)c1cc(F)ccc1CN. The summed E-state index contributed by atoms with van der Waals surface area (Å²) < 4.78 is 39.4. The third-order valence-electron chi connectivity index (χ3n) is 3.50. The van der Waals surface area contributed by atoms with E-state index in [1.165, 1.54) is 16.4 Å². The summed E-state index contributed by atoms with van der Waals surface area (Å²) in [5, 5.41) is 0. The molecule has 0 saturated heterocycles. The second-order valence-corrected chi connectivity index (χ2v) is 6.53. The van der Waals surface area contributed by atoms with Gasteiger partial charge in [-0.2, -0.15) is 4.31 Å². The molecule has 0 aromatic heterocycles. The summed E-state index contributed by atoms with van der Waals surface area (Å²) >= 11 is 0. The normalized spacial score (nSPS) is 16.9. The lowest BCUT2D eigenvalue weighted by molar-refractivity contribution is 0.249. The van der Waals surface area contributed by atoms with Crippen molar-refractivity contribution in [1.82, 2.24) is 4.31 Å². The minimum atomic E-state index is -3.65. The Hall–Kier alpha value is -0.980. The van der Waals surface area contributed by atoms with Gasteiger partial charge in [0.25, 0.3) is 0 Å².